The van der Waals surface area contributed by atoms with E-state index in [1.54, 1.807) is 0 Å². The number of sulfone groups is 1. The number of nitrogens with one attached hydrogen (secondary N) is 1. The SMILES string of the molecule is O=C(CC1CCS(=O)(=O)C1)Nc1cc(F)ccc1Br. The molecule has 1 aromatic carbocycles. The summed E-state index contributed by atoms with van der Waals surface area (Å²) in [5, 5.41) is 2.58. The Hall–Kier alpha value is -0.950. The Labute approximate surface area is 119 Å². The Balaban J connectivity index is 1.97. The first-order valence-corrected chi connectivity index (χ1v) is 8.42. The van der Waals surface area contributed by atoms with E-state index in [2.05, 4.69) is 21.2 Å². The van der Waals surface area contributed by atoms with E-state index in [9.17, 15) is 17.6 Å². The van der Waals surface area contributed by atoms with Crippen LogP contribution in [0.15, 0.2) is 22.7 Å². The Morgan fingerprint density at radius 3 is 2.84 bits per heavy atom. The zero-order valence-corrected chi connectivity index (χ0v) is 12.4. The largest absolute Gasteiger partial charge is 0.325 e. The van der Waals surface area contributed by atoms with Crippen LogP contribution in [0, 0.1) is 11.7 Å². The zero-order valence-electron chi connectivity index (χ0n) is 10.0. The van der Waals surface area contributed by atoms with Crippen molar-refractivity contribution < 1.29 is 17.6 Å². The predicted molar refractivity (Wildman–Crippen MR) is 74.1 cm³/mol. The van der Waals surface area contributed by atoms with Crippen molar-refractivity contribution in [3.63, 3.8) is 0 Å². The maximum absolute atomic E-state index is 13.1. The molecule has 1 aromatic rings. The molecule has 2 rings (SSSR count). The van der Waals surface area contributed by atoms with Gasteiger partial charge in [0, 0.05) is 10.9 Å². The van der Waals surface area contributed by atoms with Crippen molar-refractivity contribution in [3.05, 3.63) is 28.5 Å². The van der Waals surface area contributed by atoms with Crippen LogP contribution >= 0.6 is 15.9 Å². The third kappa shape index (κ3) is 4.01. The van der Waals surface area contributed by atoms with Gasteiger partial charge in [-0.3, -0.25) is 4.79 Å². The molecule has 1 fully saturated rings. The molecule has 1 N–H and O–H groups in total. The fraction of sp³-hybridized carbons (Fsp3) is 0.417. The van der Waals surface area contributed by atoms with Crippen LogP contribution in [0.1, 0.15) is 12.8 Å². The summed E-state index contributed by atoms with van der Waals surface area (Å²) in [4.78, 5) is 11.8. The highest BCUT2D eigenvalue weighted by Crippen LogP contribution is 2.25. The monoisotopic (exact) mass is 349 g/mol. The number of hydrogen-bond acceptors (Lipinski definition) is 3. The first kappa shape index (κ1) is 14.5. The van der Waals surface area contributed by atoms with Crippen molar-refractivity contribution in [1.29, 1.82) is 0 Å². The minimum Gasteiger partial charge on any atom is -0.325 e. The number of amides is 1. The van der Waals surface area contributed by atoms with Gasteiger partial charge in [0.15, 0.2) is 9.84 Å². The maximum atomic E-state index is 13.1. The molecule has 0 bridgehead atoms. The summed E-state index contributed by atoms with van der Waals surface area (Å²) in [6.07, 6.45) is 0.655. The number of halogens is 2. The van der Waals surface area contributed by atoms with Crippen LogP contribution in [0.25, 0.3) is 0 Å². The van der Waals surface area contributed by atoms with Gasteiger partial charge in [0.05, 0.1) is 17.2 Å². The molecule has 0 radical (unpaired) electrons. The number of carbonyl (C=O) groups excluding carboxylic acids is 1. The van der Waals surface area contributed by atoms with Crippen molar-refractivity contribution in [1.82, 2.24) is 0 Å². The second kappa shape index (κ2) is 5.58. The van der Waals surface area contributed by atoms with E-state index < -0.39 is 15.7 Å². The van der Waals surface area contributed by atoms with Crippen LogP contribution in [0.3, 0.4) is 0 Å². The predicted octanol–water partition coefficient (Wildman–Crippen LogP) is 2.35. The molecule has 1 amide bonds. The standard InChI is InChI=1S/C12H13BrFNO3S/c13-10-2-1-9(14)6-11(10)15-12(16)5-8-3-4-19(17,18)7-8/h1-2,6,8H,3-5,7H2,(H,15,16). The Morgan fingerprint density at radius 1 is 1.47 bits per heavy atom. The van der Waals surface area contributed by atoms with Crippen molar-refractivity contribution in [3.8, 4) is 0 Å². The highest BCUT2D eigenvalue weighted by Gasteiger charge is 2.29. The van der Waals surface area contributed by atoms with Crippen LogP contribution in [0.2, 0.25) is 0 Å². The lowest BCUT2D eigenvalue weighted by molar-refractivity contribution is -0.116. The molecule has 4 nitrogen and oxygen atoms in total. The van der Waals surface area contributed by atoms with Gasteiger partial charge in [-0.05, 0) is 46.5 Å². The molecular formula is C12H13BrFNO3S. The summed E-state index contributed by atoms with van der Waals surface area (Å²) in [5.74, 6) is -0.674. The first-order valence-electron chi connectivity index (χ1n) is 5.81. The molecule has 7 heteroatoms. The highest BCUT2D eigenvalue weighted by molar-refractivity contribution is 9.10. The lowest BCUT2D eigenvalue weighted by atomic mass is 10.1. The number of anilines is 1. The van der Waals surface area contributed by atoms with Crippen molar-refractivity contribution in [2.75, 3.05) is 16.8 Å². The number of benzene rings is 1. The van der Waals surface area contributed by atoms with Crippen molar-refractivity contribution in [2.24, 2.45) is 5.92 Å². The van der Waals surface area contributed by atoms with Gasteiger partial charge in [-0.15, -0.1) is 0 Å². The first-order chi connectivity index (χ1) is 8.85. The smallest absolute Gasteiger partial charge is 0.224 e. The van der Waals surface area contributed by atoms with E-state index in [4.69, 9.17) is 0 Å². The molecule has 0 aromatic heterocycles. The molecule has 104 valence electrons. The molecule has 1 heterocycles. The average molecular weight is 350 g/mol. The van der Waals surface area contributed by atoms with Crippen molar-refractivity contribution in [2.45, 2.75) is 12.8 Å². The topological polar surface area (TPSA) is 63.2 Å². The van der Waals surface area contributed by atoms with Gasteiger partial charge in [0.1, 0.15) is 5.82 Å². The molecule has 1 atom stereocenters. The van der Waals surface area contributed by atoms with Gasteiger partial charge in [0.25, 0.3) is 0 Å². The zero-order chi connectivity index (χ0) is 14.0. The van der Waals surface area contributed by atoms with Gasteiger partial charge in [-0.25, -0.2) is 12.8 Å². The Morgan fingerprint density at radius 2 is 2.21 bits per heavy atom. The van der Waals surface area contributed by atoms with E-state index in [-0.39, 0.29) is 29.8 Å². The summed E-state index contributed by atoms with van der Waals surface area (Å²) in [5.41, 5.74) is 0.353. The van der Waals surface area contributed by atoms with Gasteiger partial charge < -0.3 is 5.32 Å². The molecule has 1 aliphatic rings. The normalized spacial score (nSPS) is 21.3. The maximum Gasteiger partial charge on any atom is 0.224 e. The number of carbonyl (C=O) groups is 1. The van der Waals surface area contributed by atoms with Gasteiger partial charge in [0.2, 0.25) is 5.91 Å². The Bertz CT molecular complexity index is 603. The average Bonchev–Trinajstić information content (AvgIpc) is 2.63. The third-order valence-electron chi connectivity index (χ3n) is 3.00. The molecule has 1 saturated heterocycles. The molecular weight excluding hydrogens is 337 g/mol. The minimum absolute atomic E-state index is 0.0603. The van der Waals surface area contributed by atoms with Crippen LogP contribution < -0.4 is 5.32 Å². The van der Waals surface area contributed by atoms with Crippen LogP contribution in [0.4, 0.5) is 10.1 Å². The van der Waals surface area contributed by atoms with Crippen LogP contribution in [0.5, 0.6) is 0 Å². The summed E-state index contributed by atoms with van der Waals surface area (Å²) in [6, 6.07) is 4.00. The quantitative estimate of drug-likeness (QED) is 0.910. The number of hydrogen-bond donors (Lipinski definition) is 1. The second-order valence-electron chi connectivity index (χ2n) is 4.65. The fourth-order valence-electron chi connectivity index (χ4n) is 2.09. The van der Waals surface area contributed by atoms with E-state index in [1.165, 1.54) is 18.2 Å². The molecule has 0 aliphatic carbocycles. The van der Waals surface area contributed by atoms with Gasteiger partial charge in [-0.2, -0.15) is 0 Å². The van der Waals surface area contributed by atoms with E-state index in [0.717, 1.165) is 0 Å². The van der Waals surface area contributed by atoms with Gasteiger partial charge in [-0.1, -0.05) is 0 Å². The van der Waals surface area contributed by atoms with Crippen molar-refractivity contribution >= 4 is 37.4 Å². The van der Waals surface area contributed by atoms with Gasteiger partial charge >= 0.3 is 0 Å². The molecule has 0 saturated carbocycles. The highest BCUT2D eigenvalue weighted by atomic mass is 79.9. The summed E-state index contributed by atoms with van der Waals surface area (Å²) >= 11 is 3.21. The fourth-order valence-corrected chi connectivity index (χ4v) is 4.30. The lowest BCUT2D eigenvalue weighted by Crippen LogP contribution is -2.17. The molecule has 19 heavy (non-hydrogen) atoms. The van der Waals surface area contributed by atoms with E-state index in [1.807, 2.05) is 0 Å². The van der Waals surface area contributed by atoms with Crippen LogP contribution in [-0.4, -0.2) is 25.8 Å². The number of rotatable bonds is 3. The third-order valence-corrected chi connectivity index (χ3v) is 5.53. The second-order valence-corrected chi connectivity index (χ2v) is 7.73. The Kier molecular flexibility index (Phi) is 4.25. The molecule has 1 unspecified atom stereocenters. The lowest BCUT2D eigenvalue weighted by Gasteiger charge is -2.10. The minimum atomic E-state index is -2.98. The van der Waals surface area contributed by atoms with Crippen LogP contribution in [-0.2, 0) is 14.6 Å². The van der Waals surface area contributed by atoms with E-state index in [0.29, 0.717) is 16.6 Å². The molecule has 1 aliphatic heterocycles. The molecule has 0 spiro atoms. The summed E-state index contributed by atoms with van der Waals surface area (Å²) in [7, 11) is -2.98. The summed E-state index contributed by atoms with van der Waals surface area (Å²) in [6.45, 7) is 0. The summed E-state index contributed by atoms with van der Waals surface area (Å²) < 4.78 is 36.2. The van der Waals surface area contributed by atoms with E-state index >= 15 is 0 Å².